The quantitative estimate of drug-likeness (QED) is 0.288. The SMILES string of the molecule is CO[C@@]12/C=C/C[C@H](C)CS(=O)(NC(=O)c3cn(C)nc3Cl)=NC(=O)c3ccc4c(c3)N(Cc3ccc(Cl)cc3CCCCO4)C[C@H](C1)[C@H]2C. The van der Waals surface area contributed by atoms with Crippen molar-refractivity contribution in [3.63, 3.8) is 0 Å². The molecule has 5 atom stereocenters. The van der Waals surface area contributed by atoms with Crippen LogP contribution in [-0.2, 0) is 34.7 Å². The van der Waals surface area contributed by atoms with Crippen molar-refractivity contribution in [2.75, 3.05) is 30.9 Å². The molecular weight excluding hydrogens is 685 g/mol. The molecule has 7 rings (SSSR count). The Labute approximate surface area is 298 Å². The van der Waals surface area contributed by atoms with Crippen molar-refractivity contribution in [2.24, 2.45) is 29.2 Å². The van der Waals surface area contributed by atoms with Crippen molar-refractivity contribution >= 4 is 50.6 Å². The molecule has 13 heteroatoms. The van der Waals surface area contributed by atoms with Crippen LogP contribution in [-0.4, -0.2) is 57.4 Å². The number of methoxy groups -OCH3 is 1. The first-order valence-electron chi connectivity index (χ1n) is 16.7. The highest BCUT2D eigenvalue weighted by molar-refractivity contribution is 7.92. The van der Waals surface area contributed by atoms with Crippen molar-refractivity contribution in [2.45, 2.75) is 58.1 Å². The van der Waals surface area contributed by atoms with Gasteiger partial charge in [-0.15, -0.1) is 4.36 Å². The van der Waals surface area contributed by atoms with Crippen molar-refractivity contribution in [1.29, 1.82) is 0 Å². The van der Waals surface area contributed by atoms with Gasteiger partial charge in [0.1, 0.15) is 15.7 Å². The van der Waals surface area contributed by atoms with E-state index in [1.54, 1.807) is 32.4 Å². The normalized spacial score (nSPS) is 28.2. The number of aromatic nitrogens is 2. The second-order valence-electron chi connectivity index (χ2n) is 13.6. The number of nitrogens with one attached hydrogen (secondary N) is 1. The van der Waals surface area contributed by atoms with Crippen LogP contribution < -0.4 is 14.4 Å². The fourth-order valence-electron chi connectivity index (χ4n) is 7.18. The molecule has 0 spiro atoms. The number of carbonyl (C=O) groups excluding carboxylic acids is 2. The van der Waals surface area contributed by atoms with Crippen LogP contribution in [0.4, 0.5) is 5.69 Å². The van der Waals surface area contributed by atoms with Crippen LogP contribution in [0.15, 0.2) is 59.1 Å². The van der Waals surface area contributed by atoms with Crippen LogP contribution >= 0.6 is 23.2 Å². The van der Waals surface area contributed by atoms with Gasteiger partial charge in [0.25, 0.3) is 11.8 Å². The molecule has 2 amide bonds. The Morgan fingerprint density at radius 1 is 1.14 bits per heavy atom. The summed E-state index contributed by atoms with van der Waals surface area (Å²) in [5, 5.41) is 4.68. The summed E-state index contributed by atoms with van der Waals surface area (Å²) >= 11 is 12.6. The summed E-state index contributed by atoms with van der Waals surface area (Å²) in [6, 6.07) is 11.3. The second-order valence-corrected chi connectivity index (χ2v) is 16.4. The molecule has 1 aliphatic carbocycles. The van der Waals surface area contributed by atoms with Gasteiger partial charge in [-0.1, -0.05) is 55.3 Å². The lowest BCUT2D eigenvalue weighted by molar-refractivity contribution is -0.116. The number of benzene rings is 2. The maximum Gasteiger partial charge on any atom is 0.286 e. The number of allylic oxidation sites excluding steroid dienone is 1. The fraction of sp³-hybridized carbons (Fsp3) is 0.472. The number of ether oxygens (including phenoxy) is 2. The lowest BCUT2D eigenvalue weighted by Gasteiger charge is -2.53. The number of rotatable bonds is 3. The Bertz CT molecular complexity index is 1900. The van der Waals surface area contributed by atoms with E-state index in [0.29, 0.717) is 42.8 Å². The third kappa shape index (κ3) is 7.70. The summed E-state index contributed by atoms with van der Waals surface area (Å²) in [5.41, 5.74) is 2.96. The van der Waals surface area contributed by atoms with Gasteiger partial charge in [-0.2, -0.15) is 5.10 Å². The molecule has 2 aromatic carbocycles. The number of nitrogens with zero attached hydrogens (tertiary/aromatic N) is 4. The Hall–Kier alpha value is -3.38. The Morgan fingerprint density at radius 3 is 2.69 bits per heavy atom. The summed E-state index contributed by atoms with van der Waals surface area (Å²) in [6.07, 6.45) is 9.66. The molecule has 1 aromatic heterocycles. The average molecular weight is 729 g/mol. The minimum atomic E-state index is -3.60. The number of aryl methyl sites for hydroxylation is 2. The number of hydrogen-bond acceptors (Lipinski definition) is 7. The Kier molecular flexibility index (Phi) is 10.5. The molecular formula is C36H43Cl2N5O5S. The average Bonchev–Trinajstić information content (AvgIpc) is 3.39. The second kappa shape index (κ2) is 14.5. The Balaban J connectivity index is 1.46. The van der Waals surface area contributed by atoms with E-state index in [9.17, 15) is 13.8 Å². The van der Waals surface area contributed by atoms with Crippen LogP contribution in [0.5, 0.6) is 5.75 Å². The summed E-state index contributed by atoms with van der Waals surface area (Å²) in [7, 11) is -0.230. The van der Waals surface area contributed by atoms with E-state index in [2.05, 4.69) is 44.2 Å². The molecule has 0 radical (unpaired) electrons. The minimum Gasteiger partial charge on any atom is -0.491 e. The molecule has 1 saturated carbocycles. The van der Waals surface area contributed by atoms with Crippen LogP contribution in [0.2, 0.25) is 10.2 Å². The van der Waals surface area contributed by atoms with E-state index < -0.39 is 27.3 Å². The molecule has 49 heavy (non-hydrogen) atoms. The number of amides is 2. The highest BCUT2D eigenvalue weighted by Gasteiger charge is 2.50. The number of halogens is 2. The van der Waals surface area contributed by atoms with Gasteiger partial charge >= 0.3 is 0 Å². The summed E-state index contributed by atoms with van der Waals surface area (Å²) in [6.45, 7) is 5.93. The molecule has 4 bridgehead atoms. The topological polar surface area (TPSA) is 115 Å². The summed E-state index contributed by atoms with van der Waals surface area (Å²) in [4.78, 5) is 29.5. The van der Waals surface area contributed by atoms with Crippen molar-refractivity contribution in [1.82, 2.24) is 14.5 Å². The number of hydrogen-bond donors (Lipinski definition) is 1. The van der Waals surface area contributed by atoms with Crippen LogP contribution in [0.1, 0.15) is 71.4 Å². The predicted octanol–water partition coefficient (Wildman–Crippen LogP) is 7.04. The predicted molar refractivity (Wildman–Crippen MR) is 193 cm³/mol. The molecule has 10 nitrogen and oxygen atoms in total. The largest absolute Gasteiger partial charge is 0.491 e. The van der Waals surface area contributed by atoms with Crippen molar-refractivity contribution < 1.29 is 23.3 Å². The van der Waals surface area contributed by atoms with E-state index >= 15 is 0 Å². The van der Waals surface area contributed by atoms with Crippen LogP contribution in [0.3, 0.4) is 0 Å². The molecule has 1 N–H and O–H groups in total. The summed E-state index contributed by atoms with van der Waals surface area (Å²) in [5.74, 6) is -0.486. The fourth-order valence-corrected chi connectivity index (χ4v) is 9.52. The zero-order valence-electron chi connectivity index (χ0n) is 28.3. The van der Waals surface area contributed by atoms with Gasteiger partial charge in [-0.25, -0.2) is 4.21 Å². The van der Waals surface area contributed by atoms with Crippen molar-refractivity contribution in [3.05, 3.63) is 87.2 Å². The maximum absolute atomic E-state index is 14.5. The zero-order valence-corrected chi connectivity index (χ0v) is 30.6. The molecule has 1 fully saturated rings. The van der Waals surface area contributed by atoms with E-state index in [4.69, 9.17) is 32.7 Å². The van der Waals surface area contributed by atoms with Gasteiger partial charge in [0.15, 0.2) is 5.15 Å². The van der Waals surface area contributed by atoms with Gasteiger partial charge in [0.2, 0.25) is 0 Å². The summed E-state index contributed by atoms with van der Waals surface area (Å²) < 4.78 is 35.1. The minimum absolute atomic E-state index is 0.0376. The molecule has 3 aromatic rings. The van der Waals surface area contributed by atoms with E-state index in [-0.39, 0.29) is 33.9 Å². The Morgan fingerprint density at radius 2 is 1.96 bits per heavy atom. The van der Waals surface area contributed by atoms with Gasteiger partial charge in [-0.05, 0) is 91.3 Å². The number of fused-ring (bicyclic) bond motifs is 6. The smallest absolute Gasteiger partial charge is 0.286 e. The highest BCUT2D eigenvalue weighted by Crippen LogP contribution is 2.49. The first-order valence-corrected chi connectivity index (χ1v) is 19.1. The maximum atomic E-state index is 14.5. The lowest BCUT2D eigenvalue weighted by Crippen LogP contribution is -2.56. The van der Waals surface area contributed by atoms with Gasteiger partial charge in [0.05, 0.1) is 29.2 Å². The number of carbonyl (C=O) groups is 2. The van der Waals surface area contributed by atoms with E-state index in [0.717, 1.165) is 36.9 Å². The third-order valence-electron chi connectivity index (χ3n) is 10.0. The van der Waals surface area contributed by atoms with Gasteiger partial charge in [0, 0.05) is 44.0 Å². The van der Waals surface area contributed by atoms with Gasteiger partial charge < -0.3 is 14.4 Å². The first-order chi connectivity index (χ1) is 23.4. The molecule has 4 aliphatic rings. The molecule has 262 valence electrons. The number of anilines is 1. The van der Waals surface area contributed by atoms with Crippen LogP contribution in [0, 0.1) is 17.8 Å². The van der Waals surface area contributed by atoms with Crippen LogP contribution in [0.25, 0.3) is 0 Å². The third-order valence-corrected chi connectivity index (χ3v) is 12.5. The van der Waals surface area contributed by atoms with E-state index in [1.807, 2.05) is 19.1 Å². The molecule has 1 unspecified atom stereocenters. The first kappa shape index (κ1) is 35.4. The van der Waals surface area contributed by atoms with E-state index in [1.165, 1.54) is 16.4 Å². The van der Waals surface area contributed by atoms with Gasteiger partial charge in [-0.3, -0.25) is 19.0 Å². The molecule has 4 heterocycles. The molecule has 0 saturated heterocycles. The monoisotopic (exact) mass is 727 g/mol. The highest BCUT2D eigenvalue weighted by atomic mass is 35.5. The lowest BCUT2D eigenvalue weighted by atomic mass is 9.61. The standard InChI is InChI=1S/C36H43Cl2N5O5S/c1-23-8-7-14-36(47-4)18-28(24(36)2)20-43-19-27-10-12-29(37)16-25(27)9-5-6-15-48-32-13-11-26(17-31(32)43)34(44)40-49(46,22-23)41-35(45)30-21-42(3)39-33(30)38/h7,10-14,16-17,21,23-24,28H,5-6,8-9,15,18-20,22H2,1-4H3,(H,40,41,44,45,46)/b14-7+/t23-,24+,28-,36-,49?/m0/s1. The molecule has 3 aliphatic heterocycles. The van der Waals surface area contributed by atoms with Crippen molar-refractivity contribution in [3.8, 4) is 5.75 Å². The zero-order chi connectivity index (χ0) is 34.9.